The van der Waals surface area contributed by atoms with Gasteiger partial charge in [-0.1, -0.05) is 25.1 Å². The third-order valence-electron chi connectivity index (χ3n) is 3.66. The SMILES string of the molecule is CCc1ccsc1C(Cc1csc2ccccc12)NN. The van der Waals surface area contributed by atoms with Crippen LogP contribution in [0.5, 0.6) is 0 Å². The van der Waals surface area contributed by atoms with Crippen LogP contribution in [0.3, 0.4) is 0 Å². The summed E-state index contributed by atoms with van der Waals surface area (Å²) in [6.45, 7) is 2.19. The van der Waals surface area contributed by atoms with Gasteiger partial charge in [0.25, 0.3) is 0 Å². The van der Waals surface area contributed by atoms with Crippen molar-refractivity contribution in [2.24, 2.45) is 5.84 Å². The van der Waals surface area contributed by atoms with E-state index in [1.807, 2.05) is 11.3 Å². The minimum Gasteiger partial charge on any atom is -0.271 e. The number of hydrogen-bond acceptors (Lipinski definition) is 4. The summed E-state index contributed by atoms with van der Waals surface area (Å²) in [4.78, 5) is 1.37. The lowest BCUT2D eigenvalue weighted by atomic mass is 10.0. The summed E-state index contributed by atoms with van der Waals surface area (Å²) in [5, 5.41) is 5.77. The lowest BCUT2D eigenvalue weighted by molar-refractivity contribution is 0.559. The maximum absolute atomic E-state index is 5.81. The van der Waals surface area contributed by atoms with Gasteiger partial charge >= 0.3 is 0 Å². The van der Waals surface area contributed by atoms with E-state index in [0.717, 1.165) is 12.8 Å². The topological polar surface area (TPSA) is 38.0 Å². The van der Waals surface area contributed by atoms with Gasteiger partial charge in [0, 0.05) is 9.58 Å². The Balaban J connectivity index is 1.92. The van der Waals surface area contributed by atoms with Crippen molar-refractivity contribution in [3.63, 3.8) is 0 Å². The van der Waals surface area contributed by atoms with E-state index in [-0.39, 0.29) is 6.04 Å². The Labute approximate surface area is 127 Å². The Bertz CT molecular complexity index is 699. The molecule has 2 nitrogen and oxygen atoms in total. The Morgan fingerprint density at radius 1 is 1.15 bits per heavy atom. The summed E-state index contributed by atoms with van der Waals surface area (Å²) in [5.74, 6) is 5.81. The van der Waals surface area contributed by atoms with E-state index in [4.69, 9.17) is 5.84 Å². The molecule has 2 heterocycles. The van der Waals surface area contributed by atoms with Crippen molar-refractivity contribution in [1.29, 1.82) is 0 Å². The van der Waals surface area contributed by atoms with Gasteiger partial charge in [-0.15, -0.1) is 22.7 Å². The van der Waals surface area contributed by atoms with Crippen LogP contribution in [0, 0.1) is 0 Å². The zero-order valence-corrected chi connectivity index (χ0v) is 13.1. The zero-order chi connectivity index (χ0) is 13.9. The summed E-state index contributed by atoms with van der Waals surface area (Å²) in [7, 11) is 0. The molecule has 3 N–H and O–H groups in total. The summed E-state index contributed by atoms with van der Waals surface area (Å²) < 4.78 is 1.35. The maximum atomic E-state index is 5.81. The number of hydrogen-bond donors (Lipinski definition) is 2. The summed E-state index contributed by atoms with van der Waals surface area (Å²) in [6.07, 6.45) is 2.00. The van der Waals surface area contributed by atoms with Gasteiger partial charge in [-0.2, -0.15) is 0 Å². The molecule has 104 valence electrons. The molecule has 0 amide bonds. The Morgan fingerprint density at radius 2 is 2.00 bits per heavy atom. The van der Waals surface area contributed by atoms with Crippen LogP contribution in [-0.2, 0) is 12.8 Å². The summed E-state index contributed by atoms with van der Waals surface area (Å²) in [6, 6.07) is 11.0. The highest BCUT2D eigenvalue weighted by molar-refractivity contribution is 7.17. The molecule has 0 aliphatic rings. The number of thiophene rings is 2. The lowest BCUT2D eigenvalue weighted by Crippen LogP contribution is -2.29. The van der Waals surface area contributed by atoms with Gasteiger partial charge in [-0.3, -0.25) is 11.3 Å². The van der Waals surface area contributed by atoms with Crippen molar-refractivity contribution in [2.75, 3.05) is 0 Å². The van der Waals surface area contributed by atoms with Gasteiger partial charge in [0.2, 0.25) is 0 Å². The molecule has 0 saturated heterocycles. The highest BCUT2D eigenvalue weighted by atomic mass is 32.1. The molecule has 20 heavy (non-hydrogen) atoms. The quantitative estimate of drug-likeness (QED) is 0.545. The monoisotopic (exact) mass is 302 g/mol. The Morgan fingerprint density at radius 3 is 2.80 bits per heavy atom. The fourth-order valence-electron chi connectivity index (χ4n) is 2.58. The molecule has 0 bridgehead atoms. The Kier molecular flexibility index (Phi) is 4.17. The van der Waals surface area contributed by atoms with Gasteiger partial charge in [0.05, 0.1) is 6.04 Å². The van der Waals surface area contributed by atoms with E-state index in [9.17, 15) is 0 Å². The van der Waals surface area contributed by atoms with Crippen LogP contribution >= 0.6 is 22.7 Å². The van der Waals surface area contributed by atoms with Crippen molar-refractivity contribution >= 4 is 32.8 Å². The molecular weight excluding hydrogens is 284 g/mol. The average molecular weight is 302 g/mol. The van der Waals surface area contributed by atoms with Crippen LogP contribution in [-0.4, -0.2) is 0 Å². The van der Waals surface area contributed by atoms with E-state index >= 15 is 0 Å². The molecule has 0 aliphatic carbocycles. The minimum atomic E-state index is 0.197. The van der Waals surface area contributed by atoms with Crippen LogP contribution < -0.4 is 11.3 Å². The molecule has 0 fully saturated rings. The predicted molar refractivity (Wildman–Crippen MR) is 89.3 cm³/mol. The van der Waals surface area contributed by atoms with Crippen molar-refractivity contribution in [1.82, 2.24) is 5.43 Å². The highest BCUT2D eigenvalue weighted by Gasteiger charge is 2.17. The predicted octanol–water partition coefficient (Wildman–Crippen LogP) is 4.27. The fourth-order valence-corrected chi connectivity index (χ4v) is 4.62. The summed E-state index contributed by atoms with van der Waals surface area (Å²) in [5.41, 5.74) is 5.78. The normalized spacial score (nSPS) is 12.9. The molecule has 2 aromatic heterocycles. The number of aryl methyl sites for hydroxylation is 1. The third-order valence-corrected chi connectivity index (χ3v) is 5.75. The lowest BCUT2D eigenvalue weighted by Gasteiger charge is -2.16. The highest BCUT2D eigenvalue weighted by Crippen LogP contribution is 2.32. The first-order valence-corrected chi connectivity index (χ1v) is 8.57. The first kappa shape index (κ1) is 13.8. The van der Waals surface area contributed by atoms with Gasteiger partial charge in [-0.25, -0.2) is 0 Å². The number of nitrogens with one attached hydrogen (secondary N) is 1. The van der Waals surface area contributed by atoms with Crippen LogP contribution in [0.4, 0.5) is 0 Å². The van der Waals surface area contributed by atoms with E-state index in [1.54, 1.807) is 11.3 Å². The third kappa shape index (κ3) is 2.52. The number of hydrazine groups is 1. The molecule has 1 atom stereocenters. The van der Waals surface area contributed by atoms with Gasteiger partial charge in [0.1, 0.15) is 0 Å². The van der Waals surface area contributed by atoms with Crippen LogP contribution in [0.25, 0.3) is 10.1 Å². The molecule has 3 rings (SSSR count). The standard InChI is InChI=1S/C16H18N2S2/c1-2-11-7-8-19-16(11)14(18-17)9-12-10-20-15-6-4-3-5-13(12)15/h3-8,10,14,18H,2,9,17H2,1H3. The van der Waals surface area contributed by atoms with E-state index in [1.165, 1.54) is 26.1 Å². The van der Waals surface area contributed by atoms with Gasteiger partial charge < -0.3 is 0 Å². The van der Waals surface area contributed by atoms with Crippen LogP contribution in [0.2, 0.25) is 0 Å². The molecule has 0 radical (unpaired) electrons. The number of nitrogens with two attached hydrogens (primary N) is 1. The van der Waals surface area contributed by atoms with Crippen LogP contribution in [0.15, 0.2) is 41.1 Å². The second kappa shape index (κ2) is 6.06. The van der Waals surface area contributed by atoms with Crippen molar-refractivity contribution in [3.05, 3.63) is 57.1 Å². The molecule has 1 unspecified atom stereocenters. The van der Waals surface area contributed by atoms with Crippen molar-refractivity contribution in [3.8, 4) is 0 Å². The van der Waals surface area contributed by atoms with E-state index < -0.39 is 0 Å². The largest absolute Gasteiger partial charge is 0.271 e. The average Bonchev–Trinajstić information content (AvgIpc) is 3.11. The van der Waals surface area contributed by atoms with E-state index in [0.29, 0.717) is 0 Å². The number of rotatable bonds is 5. The van der Waals surface area contributed by atoms with Gasteiger partial charge in [0.15, 0.2) is 0 Å². The molecule has 1 aromatic carbocycles. The van der Waals surface area contributed by atoms with Crippen LogP contribution in [0.1, 0.15) is 29.0 Å². The molecule has 3 aromatic rings. The smallest absolute Gasteiger partial charge is 0.0596 e. The first-order chi connectivity index (χ1) is 9.83. The number of fused-ring (bicyclic) bond motifs is 1. The number of benzene rings is 1. The molecule has 0 saturated carbocycles. The zero-order valence-electron chi connectivity index (χ0n) is 11.4. The molecule has 0 spiro atoms. The summed E-state index contributed by atoms with van der Waals surface area (Å²) >= 11 is 3.60. The first-order valence-electron chi connectivity index (χ1n) is 6.81. The van der Waals surface area contributed by atoms with Crippen molar-refractivity contribution < 1.29 is 0 Å². The fraction of sp³-hybridized carbons (Fsp3) is 0.250. The Hall–Kier alpha value is -1.20. The van der Waals surface area contributed by atoms with Gasteiger partial charge in [-0.05, 0) is 52.2 Å². The van der Waals surface area contributed by atoms with E-state index in [2.05, 4.69) is 53.4 Å². The maximum Gasteiger partial charge on any atom is 0.0596 e. The minimum absolute atomic E-state index is 0.197. The molecule has 0 aliphatic heterocycles. The second-order valence-corrected chi connectivity index (χ2v) is 6.70. The van der Waals surface area contributed by atoms with Crippen molar-refractivity contribution in [2.45, 2.75) is 25.8 Å². The molecular formula is C16H18N2S2. The molecule has 4 heteroatoms. The second-order valence-electron chi connectivity index (χ2n) is 4.84.